The molecule has 0 unspecified atom stereocenters. The van der Waals surface area contributed by atoms with Crippen LogP contribution in [0.2, 0.25) is 0 Å². The number of piperidine rings is 1. The third-order valence-corrected chi connectivity index (χ3v) is 3.71. The van der Waals surface area contributed by atoms with Gasteiger partial charge in [-0.05, 0) is 47.5 Å². The molecule has 0 aliphatic carbocycles. The molecule has 0 atom stereocenters. The molecule has 0 spiro atoms. The minimum absolute atomic E-state index is 0.0287. The Morgan fingerprint density at radius 2 is 1.63 bits per heavy atom. The van der Waals surface area contributed by atoms with Crippen LogP contribution in [0.5, 0.6) is 0 Å². The number of nitrogens with one attached hydrogen (secondary N) is 1. The van der Waals surface area contributed by atoms with Crippen LogP contribution in [0, 0.1) is 0 Å². The SMILES string of the molecule is CC(=O)CCC(=O)NC1CC(C)(C)N(O)C(C)(C)C1. The largest absolute Gasteiger partial charge is 0.353 e. The molecule has 1 fully saturated rings. The number of hydroxylamine groups is 2. The van der Waals surface area contributed by atoms with Crippen LogP contribution in [0.3, 0.4) is 0 Å². The molecule has 0 radical (unpaired) electrons. The number of rotatable bonds is 4. The fraction of sp³-hybridized carbons (Fsp3) is 0.857. The highest BCUT2D eigenvalue weighted by Gasteiger charge is 2.45. The van der Waals surface area contributed by atoms with Crippen molar-refractivity contribution in [1.29, 1.82) is 0 Å². The van der Waals surface area contributed by atoms with Crippen molar-refractivity contribution in [2.45, 2.75) is 77.4 Å². The van der Waals surface area contributed by atoms with Crippen LogP contribution in [0.15, 0.2) is 0 Å². The molecule has 1 amide bonds. The molecule has 1 rings (SSSR count). The van der Waals surface area contributed by atoms with E-state index in [9.17, 15) is 14.8 Å². The van der Waals surface area contributed by atoms with Gasteiger partial charge in [-0.15, -0.1) is 0 Å². The van der Waals surface area contributed by atoms with Crippen LogP contribution in [-0.2, 0) is 9.59 Å². The zero-order chi connectivity index (χ0) is 14.8. The Balaban J connectivity index is 2.60. The van der Waals surface area contributed by atoms with E-state index in [0.29, 0.717) is 12.8 Å². The molecule has 0 bridgehead atoms. The standard InChI is InChI=1S/C14H26N2O3/c1-10(17)6-7-12(18)15-11-8-13(2,3)16(19)14(4,5)9-11/h11,19H,6-9H2,1-5H3,(H,15,18). The lowest BCUT2D eigenvalue weighted by atomic mass is 9.79. The second kappa shape index (κ2) is 5.59. The van der Waals surface area contributed by atoms with Crippen LogP contribution in [0.25, 0.3) is 0 Å². The van der Waals surface area contributed by atoms with Gasteiger partial charge in [0.2, 0.25) is 5.91 Å². The van der Waals surface area contributed by atoms with Crippen LogP contribution in [-0.4, -0.2) is 39.1 Å². The lowest BCUT2D eigenvalue weighted by molar-refractivity contribution is -0.246. The molecule has 1 saturated heterocycles. The fourth-order valence-corrected chi connectivity index (χ4v) is 2.96. The van der Waals surface area contributed by atoms with E-state index >= 15 is 0 Å². The van der Waals surface area contributed by atoms with Gasteiger partial charge >= 0.3 is 0 Å². The molecule has 0 aromatic heterocycles. The summed E-state index contributed by atoms with van der Waals surface area (Å²) in [5.41, 5.74) is -0.749. The number of Topliss-reactive ketones (excluding diaryl/α,β-unsaturated/α-hetero) is 1. The van der Waals surface area contributed by atoms with E-state index in [1.807, 2.05) is 27.7 Å². The summed E-state index contributed by atoms with van der Waals surface area (Å²) in [6.07, 6.45) is 1.92. The first-order valence-corrected chi connectivity index (χ1v) is 6.82. The summed E-state index contributed by atoms with van der Waals surface area (Å²) < 4.78 is 0. The van der Waals surface area contributed by atoms with E-state index in [4.69, 9.17) is 0 Å². The van der Waals surface area contributed by atoms with Crippen LogP contribution < -0.4 is 5.32 Å². The number of carbonyl (C=O) groups is 2. The molecule has 0 aromatic carbocycles. The number of nitrogens with zero attached hydrogens (tertiary/aromatic N) is 1. The summed E-state index contributed by atoms with van der Waals surface area (Å²) in [6, 6.07) is 0.0351. The minimum Gasteiger partial charge on any atom is -0.353 e. The first-order chi connectivity index (χ1) is 8.54. The highest BCUT2D eigenvalue weighted by molar-refractivity contribution is 5.83. The summed E-state index contributed by atoms with van der Waals surface area (Å²) in [5, 5.41) is 14.5. The summed E-state index contributed by atoms with van der Waals surface area (Å²) >= 11 is 0. The van der Waals surface area contributed by atoms with Crippen molar-refractivity contribution in [3.05, 3.63) is 0 Å². The molecule has 2 N–H and O–H groups in total. The molecule has 19 heavy (non-hydrogen) atoms. The molecule has 1 aliphatic rings. The van der Waals surface area contributed by atoms with E-state index < -0.39 is 0 Å². The molecule has 5 nitrogen and oxygen atoms in total. The zero-order valence-electron chi connectivity index (χ0n) is 12.6. The van der Waals surface area contributed by atoms with Crippen molar-refractivity contribution in [2.24, 2.45) is 0 Å². The second-order valence-corrected chi connectivity index (χ2v) is 6.81. The van der Waals surface area contributed by atoms with Gasteiger partial charge in [-0.1, -0.05) is 0 Å². The molecule has 5 heteroatoms. The van der Waals surface area contributed by atoms with Crippen molar-refractivity contribution < 1.29 is 14.8 Å². The number of amides is 1. The molecule has 110 valence electrons. The molecular weight excluding hydrogens is 244 g/mol. The third-order valence-electron chi connectivity index (χ3n) is 3.71. The molecule has 0 saturated carbocycles. The van der Waals surface area contributed by atoms with Gasteiger partial charge in [0.1, 0.15) is 5.78 Å². The van der Waals surface area contributed by atoms with Crippen molar-refractivity contribution in [1.82, 2.24) is 10.4 Å². The number of hydrogen-bond donors (Lipinski definition) is 2. The highest BCUT2D eigenvalue weighted by atomic mass is 16.5. The molecule has 1 heterocycles. The van der Waals surface area contributed by atoms with E-state index in [2.05, 4.69) is 5.32 Å². The summed E-state index contributed by atoms with van der Waals surface area (Å²) in [4.78, 5) is 22.6. The number of hydrogen-bond acceptors (Lipinski definition) is 4. The monoisotopic (exact) mass is 270 g/mol. The van der Waals surface area contributed by atoms with E-state index in [1.165, 1.54) is 12.0 Å². The topological polar surface area (TPSA) is 69.6 Å². The Kier molecular flexibility index (Phi) is 4.74. The molecular formula is C14H26N2O3. The lowest BCUT2D eigenvalue weighted by Gasteiger charge is -2.51. The maximum Gasteiger partial charge on any atom is 0.220 e. The highest BCUT2D eigenvalue weighted by Crippen LogP contribution is 2.36. The van der Waals surface area contributed by atoms with Gasteiger partial charge in [-0.2, -0.15) is 5.06 Å². The Bertz CT molecular complexity index is 346. The Morgan fingerprint density at radius 3 is 2.05 bits per heavy atom. The van der Waals surface area contributed by atoms with Gasteiger partial charge < -0.3 is 15.3 Å². The summed E-state index contributed by atoms with van der Waals surface area (Å²) in [5.74, 6) is -0.0563. The average molecular weight is 270 g/mol. The molecule has 1 aliphatic heterocycles. The second-order valence-electron chi connectivity index (χ2n) is 6.81. The van der Waals surface area contributed by atoms with Crippen molar-refractivity contribution >= 4 is 11.7 Å². The first kappa shape index (κ1) is 16.1. The average Bonchev–Trinajstić information content (AvgIpc) is 2.22. The maximum absolute atomic E-state index is 11.8. The Hall–Kier alpha value is -0.940. The lowest BCUT2D eigenvalue weighted by Crippen LogP contribution is -2.62. The van der Waals surface area contributed by atoms with Crippen LogP contribution >= 0.6 is 0 Å². The van der Waals surface area contributed by atoms with Gasteiger partial charge in [0.05, 0.1) is 0 Å². The van der Waals surface area contributed by atoms with Gasteiger partial charge in [0, 0.05) is 30.0 Å². The quantitative estimate of drug-likeness (QED) is 0.818. The van der Waals surface area contributed by atoms with Gasteiger partial charge in [0.15, 0.2) is 0 Å². The van der Waals surface area contributed by atoms with Crippen LogP contribution in [0.1, 0.15) is 60.3 Å². The number of ketones is 1. The summed E-state index contributed by atoms with van der Waals surface area (Å²) in [6.45, 7) is 9.33. The van der Waals surface area contributed by atoms with Crippen LogP contribution in [0.4, 0.5) is 0 Å². The van der Waals surface area contributed by atoms with Crippen molar-refractivity contribution in [3.8, 4) is 0 Å². The maximum atomic E-state index is 11.8. The van der Waals surface area contributed by atoms with E-state index in [-0.39, 0.29) is 41.7 Å². The normalized spacial score (nSPS) is 23.1. The van der Waals surface area contributed by atoms with Crippen molar-refractivity contribution in [3.63, 3.8) is 0 Å². The zero-order valence-corrected chi connectivity index (χ0v) is 12.6. The fourth-order valence-electron chi connectivity index (χ4n) is 2.96. The van der Waals surface area contributed by atoms with Crippen molar-refractivity contribution in [2.75, 3.05) is 0 Å². The predicted molar refractivity (Wildman–Crippen MR) is 72.9 cm³/mol. The minimum atomic E-state index is -0.375. The van der Waals surface area contributed by atoms with Gasteiger partial charge in [-0.25, -0.2) is 0 Å². The van der Waals surface area contributed by atoms with E-state index in [1.54, 1.807) is 0 Å². The Labute approximate surface area is 115 Å². The van der Waals surface area contributed by atoms with E-state index in [0.717, 1.165) is 0 Å². The Morgan fingerprint density at radius 1 is 1.16 bits per heavy atom. The van der Waals surface area contributed by atoms with Gasteiger partial charge in [0.25, 0.3) is 0 Å². The third kappa shape index (κ3) is 4.28. The predicted octanol–water partition coefficient (Wildman–Crippen LogP) is 1.88. The first-order valence-electron chi connectivity index (χ1n) is 6.82. The molecule has 0 aromatic rings. The number of carbonyl (C=O) groups excluding carboxylic acids is 2. The van der Waals surface area contributed by atoms with Gasteiger partial charge in [-0.3, -0.25) is 4.79 Å². The summed E-state index contributed by atoms with van der Waals surface area (Å²) in [7, 11) is 0. The smallest absolute Gasteiger partial charge is 0.220 e.